The minimum atomic E-state index is -0.573. The van der Waals surface area contributed by atoms with Gasteiger partial charge in [-0.2, -0.15) is 0 Å². The molecule has 146 valence electrons. The summed E-state index contributed by atoms with van der Waals surface area (Å²) >= 11 is 0. The third-order valence-corrected chi connectivity index (χ3v) is 5.05. The molecular formula is C25H16O5. The normalized spacial score (nSPS) is 11.1. The molecule has 0 fully saturated rings. The number of hydrogen-bond acceptors (Lipinski definition) is 5. The Labute approximate surface area is 170 Å². The van der Waals surface area contributed by atoms with Crippen LogP contribution in [0, 0.1) is 0 Å². The number of fused-ring (bicyclic) bond motifs is 2. The van der Waals surface area contributed by atoms with Crippen LogP contribution in [0.3, 0.4) is 0 Å². The third kappa shape index (κ3) is 2.88. The first-order valence-corrected chi connectivity index (χ1v) is 9.39. The standard InChI is InChI=1S/C25H16O5/c1-28-17-11-12-18-21(14-17)29-24(22(23(18)26)15-7-3-2-4-8-15)19-13-16-9-5-6-10-20(16)30-25(19)27/h2-14H,1H3. The lowest BCUT2D eigenvalue weighted by molar-refractivity contribution is 0.414. The second kappa shape index (κ2) is 7.04. The van der Waals surface area contributed by atoms with Crippen molar-refractivity contribution in [3.8, 4) is 28.2 Å². The van der Waals surface area contributed by atoms with E-state index in [1.165, 1.54) is 7.11 Å². The van der Waals surface area contributed by atoms with Gasteiger partial charge in [0.15, 0.2) is 5.76 Å². The van der Waals surface area contributed by atoms with Gasteiger partial charge in [0.05, 0.1) is 18.1 Å². The van der Waals surface area contributed by atoms with Gasteiger partial charge in [-0.1, -0.05) is 48.5 Å². The molecule has 0 spiro atoms. The molecule has 0 aliphatic heterocycles. The zero-order valence-electron chi connectivity index (χ0n) is 16.0. The summed E-state index contributed by atoms with van der Waals surface area (Å²) in [4.78, 5) is 26.3. The summed E-state index contributed by atoms with van der Waals surface area (Å²) in [5.41, 5.74) is 1.17. The molecule has 2 aromatic heterocycles. The van der Waals surface area contributed by atoms with E-state index in [9.17, 15) is 9.59 Å². The van der Waals surface area contributed by atoms with Gasteiger partial charge in [0.1, 0.15) is 22.5 Å². The van der Waals surface area contributed by atoms with Crippen LogP contribution in [0.5, 0.6) is 5.75 Å². The van der Waals surface area contributed by atoms with E-state index in [1.807, 2.05) is 42.5 Å². The predicted octanol–water partition coefficient (Wildman–Crippen LogP) is 5.24. The van der Waals surface area contributed by atoms with Crippen molar-refractivity contribution in [3.63, 3.8) is 0 Å². The maximum atomic E-state index is 13.5. The fourth-order valence-corrected chi connectivity index (χ4v) is 3.58. The minimum absolute atomic E-state index is 0.173. The lowest BCUT2D eigenvalue weighted by Crippen LogP contribution is -2.11. The van der Waals surface area contributed by atoms with Crippen molar-refractivity contribution in [1.29, 1.82) is 0 Å². The third-order valence-electron chi connectivity index (χ3n) is 5.05. The molecule has 0 bridgehead atoms. The van der Waals surface area contributed by atoms with E-state index < -0.39 is 5.63 Å². The van der Waals surface area contributed by atoms with Crippen molar-refractivity contribution < 1.29 is 13.6 Å². The molecule has 0 unspecified atom stereocenters. The molecule has 0 saturated carbocycles. The van der Waals surface area contributed by atoms with Crippen molar-refractivity contribution >= 4 is 21.9 Å². The summed E-state index contributed by atoms with van der Waals surface area (Å²) in [5, 5.41) is 1.14. The van der Waals surface area contributed by atoms with Gasteiger partial charge in [0.25, 0.3) is 0 Å². The van der Waals surface area contributed by atoms with Crippen LogP contribution in [0.15, 0.2) is 97.3 Å². The molecule has 0 aliphatic carbocycles. The molecular weight excluding hydrogens is 380 g/mol. The summed E-state index contributed by atoms with van der Waals surface area (Å²) in [6.07, 6.45) is 0. The summed E-state index contributed by atoms with van der Waals surface area (Å²) in [6.45, 7) is 0. The molecule has 0 atom stereocenters. The Morgan fingerprint density at radius 2 is 1.53 bits per heavy atom. The SMILES string of the molecule is COc1ccc2c(=O)c(-c3ccccc3)c(-c3cc4ccccc4oc3=O)oc2c1. The number of para-hydroxylation sites is 1. The molecule has 5 rings (SSSR count). The maximum absolute atomic E-state index is 13.5. The van der Waals surface area contributed by atoms with Gasteiger partial charge in [-0.15, -0.1) is 0 Å². The molecule has 2 heterocycles. The first-order chi connectivity index (χ1) is 14.7. The second-order valence-corrected chi connectivity index (χ2v) is 6.85. The number of benzene rings is 3. The molecule has 5 heteroatoms. The van der Waals surface area contributed by atoms with Crippen LogP contribution in [0.2, 0.25) is 0 Å². The first kappa shape index (κ1) is 17.9. The Hall–Kier alpha value is -4.12. The van der Waals surface area contributed by atoms with Crippen molar-refractivity contribution in [2.45, 2.75) is 0 Å². The van der Waals surface area contributed by atoms with E-state index in [4.69, 9.17) is 13.6 Å². The topological polar surface area (TPSA) is 69.7 Å². The molecule has 30 heavy (non-hydrogen) atoms. The fraction of sp³-hybridized carbons (Fsp3) is 0.0400. The zero-order chi connectivity index (χ0) is 20.7. The van der Waals surface area contributed by atoms with Crippen LogP contribution in [0.4, 0.5) is 0 Å². The smallest absolute Gasteiger partial charge is 0.347 e. The van der Waals surface area contributed by atoms with Gasteiger partial charge in [0.2, 0.25) is 5.43 Å². The average Bonchev–Trinajstić information content (AvgIpc) is 2.78. The minimum Gasteiger partial charge on any atom is -0.497 e. The summed E-state index contributed by atoms with van der Waals surface area (Å²) in [7, 11) is 1.54. The van der Waals surface area contributed by atoms with E-state index in [-0.39, 0.29) is 16.8 Å². The molecule has 5 nitrogen and oxygen atoms in total. The van der Waals surface area contributed by atoms with E-state index in [1.54, 1.807) is 36.4 Å². The van der Waals surface area contributed by atoms with Crippen molar-refractivity contribution in [2.24, 2.45) is 0 Å². The van der Waals surface area contributed by atoms with Crippen LogP contribution in [0.25, 0.3) is 44.4 Å². The van der Waals surface area contributed by atoms with Gasteiger partial charge in [-0.3, -0.25) is 4.79 Å². The number of hydrogen-bond donors (Lipinski definition) is 0. The van der Waals surface area contributed by atoms with E-state index in [0.29, 0.717) is 33.4 Å². The average molecular weight is 396 g/mol. The molecule has 0 aliphatic rings. The lowest BCUT2D eigenvalue weighted by Gasteiger charge is -2.11. The number of methoxy groups -OCH3 is 1. The number of ether oxygens (including phenoxy) is 1. The van der Waals surface area contributed by atoms with E-state index in [2.05, 4.69) is 0 Å². The largest absolute Gasteiger partial charge is 0.497 e. The van der Waals surface area contributed by atoms with Gasteiger partial charge < -0.3 is 13.6 Å². The molecule has 3 aromatic carbocycles. The van der Waals surface area contributed by atoms with Crippen LogP contribution in [-0.4, -0.2) is 7.11 Å². The monoisotopic (exact) mass is 396 g/mol. The van der Waals surface area contributed by atoms with Crippen LogP contribution in [0.1, 0.15) is 0 Å². The van der Waals surface area contributed by atoms with Crippen LogP contribution >= 0.6 is 0 Å². The first-order valence-electron chi connectivity index (χ1n) is 9.39. The fourth-order valence-electron chi connectivity index (χ4n) is 3.58. The Balaban J connectivity index is 1.92. The van der Waals surface area contributed by atoms with Gasteiger partial charge in [-0.25, -0.2) is 4.79 Å². The highest BCUT2D eigenvalue weighted by atomic mass is 16.5. The van der Waals surface area contributed by atoms with Crippen molar-refractivity contribution in [1.82, 2.24) is 0 Å². The van der Waals surface area contributed by atoms with E-state index in [0.717, 1.165) is 5.39 Å². The van der Waals surface area contributed by atoms with Crippen molar-refractivity contribution in [2.75, 3.05) is 7.11 Å². The van der Waals surface area contributed by atoms with Gasteiger partial charge in [0, 0.05) is 11.5 Å². The quantitative estimate of drug-likeness (QED) is 0.390. The second-order valence-electron chi connectivity index (χ2n) is 6.85. The highest BCUT2D eigenvalue weighted by Crippen LogP contribution is 2.33. The number of rotatable bonds is 3. The lowest BCUT2D eigenvalue weighted by atomic mass is 9.98. The summed E-state index contributed by atoms with van der Waals surface area (Å²) < 4.78 is 16.9. The van der Waals surface area contributed by atoms with Gasteiger partial charge >= 0.3 is 5.63 Å². The molecule has 5 aromatic rings. The highest BCUT2D eigenvalue weighted by molar-refractivity contribution is 5.91. The predicted molar refractivity (Wildman–Crippen MR) is 116 cm³/mol. The zero-order valence-corrected chi connectivity index (χ0v) is 16.0. The summed E-state index contributed by atoms with van der Waals surface area (Å²) in [5.74, 6) is 0.723. The summed E-state index contributed by atoms with van der Waals surface area (Å²) in [6, 6.07) is 23.1. The molecule has 0 amide bonds. The molecule has 0 saturated heterocycles. The Bertz CT molecular complexity index is 1510. The Kier molecular flexibility index (Phi) is 4.21. The Morgan fingerprint density at radius 3 is 2.33 bits per heavy atom. The Morgan fingerprint density at radius 1 is 0.767 bits per heavy atom. The van der Waals surface area contributed by atoms with Crippen LogP contribution < -0.4 is 15.8 Å². The maximum Gasteiger partial charge on any atom is 0.347 e. The van der Waals surface area contributed by atoms with Crippen molar-refractivity contribution in [3.05, 3.63) is 99.5 Å². The van der Waals surface area contributed by atoms with E-state index >= 15 is 0 Å². The molecule has 0 N–H and O–H groups in total. The van der Waals surface area contributed by atoms with Crippen LogP contribution in [-0.2, 0) is 0 Å². The van der Waals surface area contributed by atoms with Gasteiger partial charge in [-0.05, 0) is 29.8 Å². The molecule has 0 radical (unpaired) electrons. The highest BCUT2D eigenvalue weighted by Gasteiger charge is 2.21.